The Kier molecular flexibility index (Phi) is 4.88. The maximum atomic E-state index is 13.0. The van der Waals surface area contributed by atoms with E-state index in [1.807, 2.05) is 0 Å². The number of hydrogen-bond acceptors (Lipinski definition) is 4. The van der Waals surface area contributed by atoms with E-state index in [0.717, 1.165) is 31.5 Å². The molecular weight excluding hydrogens is 299 g/mol. The third-order valence-electron chi connectivity index (χ3n) is 4.42. The summed E-state index contributed by atoms with van der Waals surface area (Å²) in [5.74, 6) is -0.860. The summed E-state index contributed by atoms with van der Waals surface area (Å²) in [7, 11) is 0. The van der Waals surface area contributed by atoms with Gasteiger partial charge in [-0.2, -0.15) is 0 Å². The van der Waals surface area contributed by atoms with Crippen LogP contribution in [-0.4, -0.2) is 42.9 Å². The zero-order valence-corrected chi connectivity index (χ0v) is 12.8. The van der Waals surface area contributed by atoms with Gasteiger partial charge in [-0.3, -0.25) is 15.0 Å². The van der Waals surface area contributed by atoms with Gasteiger partial charge >= 0.3 is 0 Å². The summed E-state index contributed by atoms with van der Waals surface area (Å²) >= 11 is 0. The molecule has 3 rings (SSSR count). The molecule has 2 atom stereocenters. The van der Waals surface area contributed by atoms with Crippen molar-refractivity contribution in [2.75, 3.05) is 26.2 Å². The third kappa shape index (κ3) is 3.68. The van der Waals surface area contributed by atoms with E-state index in [4.69, 9.17) is 0 Å². The van der Waals surface area contributed by atoms with Crippen molar-refractivity contribution in [3.63, 3.8) is 0 Å². The smallest absolute Gasteiger partial charge is 0.241 e. The van der Waals surface area contributed by atoms with Gasteiger partial charge in [0, 0.05) is 19.6 Å². The van der Waals surface area contributed by atoms with Crippen molar-refractivity contribution in [3.8, 4) is 0 Å². The van der Waals surface area contributed by atoms with E-state index in [9.17, 15) is 14.0 Å². The van der Waals surface area contributed by atoms with E-state index in [2.05, 4.69) is 16.2 Å². The first-order chi connectivity index (χ1) is 11.1. The molecule has 2 aliphatic rings. The van der Waals surface area contributed by atoms with Gasteiger partial charge in [-0.25, -0.2) is 9.82 Å². The standard InChI is InChI=1S/C16H21FN4O2/c17-12-5-3-11(4-6-12)15-13(9-19-20-15)16(23)18-10-14(22)21-7-1-2-8-21/h3-6,13,15,19-20H,1-2,7-10H2,(H,18,23). The van der Waals surface area contributed by atoms with Crippen LogP contribution in [0.25, 0.3) is 0 Å². The predicted molar refractivity (Wildman–Crippen MR) is 82.6 cm³/mol. The number of carbonyl (C=O) groups is 2. The topological polar surface area (TPSA) is 73.5 Å². The normalized spacial score (nSPS) is 24.0. The van der Waals surface area contributed by atoms with Crippen molar-refractivity contribution < 1.29 is 14.0 Å². The maximum absolute atomic E-state index is 13.0. The van der Waals surface area contributed by atoms with Crippen LogP contribution in [0.1, 0.15) is 24.4 Å². The average Bonchev–Trinajstić information content (AvgIpc) is 3.24. The fraction of sp³-hybridized carbons (Fsp3) is 0.500. The SMILES string of the molecule is O=C(NCC(=O)N1CCCC1)C1CNNC1c1ccc(F)cc1. The minimum atomic E-state index is -0.341. The van der Waals surface area contributed by atoms with Gasteiger partial charge in [0.1, 0.15) is 5.82 Å². The van der Waals surface area contributed by atoms with Crippen LogP contribution in [0.3, 0.4) is 0 Å². The fourth-order valence-electron chi connectivity index (χ4n) is 3.10. The molecule has 1 aromatic rings. The van der Waals surface area contributed by atoms with Gasteiger partial charge in [0.05, 0.1) is 18.5 Å². The van der Waals surface area contributed by atoms with Crippen LogP contribution in [0.4, 0.5) is 4.39 Å². The number of halogens is 1. The Balaban J connectivity index is 1.57. The van der Waals surface area contributed by atoms with Crippen LogP contribution >= 0.6 is 0 Å². The second kappa shape index (κ2) is 7.06. The van der Waals surface area contributed by atoms with E-state index in [0.29, 0.717) is 6.54 Å². The molecule has 2 amide bonds. The molecule has 0 aromatic heterocycles. The summed E-state index contributed by atoms with van der Waals surface area (Å²) < 4.78 is 13.0. The van der Waals surface area contributed by atoms with Crippen molar-refractivity contribution >= 4 is 11.8 Å². The van der Waals surface area contributed by atoms with Crippen molar-refractivity contribution in [1.82, 2.24) is 21.1 Å². The van der Waals surface area contributed by atoms with Gasteiger partial charge in [-0.15, -0.1) is 0 Å². The molecule has 2 heterocycles. The summed E-state index contributed by atoms with van der Waals surface area (Å²) in [5, 5.41) is 2.73. The quantitative estimate of drug-likeness (QED) is 0.747. The van der Waals surface area contributed by atoms with E-state index >= 15 is 0 Å². The van der Waals surface area contributed by atoms with E-state index in [1.165, 1.54) is 12.1 Å². The van der Waals surface area contributed by atoms with Crippen LogP contribution < -0.4 is 16.2 Å². The maximum Gasteiger partial charge on any atom is 0.241 e. The number of hydrazine groups is 1. The summed E-state index contributed by atoms with van der Waals surface area (Å²) in [5.41, 5.74) is 6.83. The molecular formula is C16H21FN4O2. The highest BCUT2D eigenvalue weighted by Crippen LogP contribution is 2.25. The Bertz CT molecular complexity index is 572. The zero-order valence-electron chi connectivity index (χ0n) is 12.8. The molecule has 2 fully saturated rings. The van der Waals surface area contributed by atoms with E-state index in [-0.39, 0.29) is 36.1 Å². The molecule has 0 radical (unpaired) electrons. The van der Waals surface area contributed by atoms with Gasteiger partial charge in [-0.1, -0.05) is 12.1 Å². The highest BCUT2D eigenvalue weighted by atomic mass is 19.1. The predicted octanol–water partition coefficient (Wildman–Crippen LogP) is 0.329. The molecule has 3 N–H and O–H groups in total. The van der Waals surface area contributed by atoms with Gasteiger partial charge in [-0.05, 0) is 30.5 Å². The number of nitrogens with zero attached hydrogens (tertiary/aromatic N) is 1. The monoisotopic (exact) mass is 320 g/mol. The number of likely N-dealkylation sites (tertiary alicyclic amines) is 1. The third-order valence-corrected chi connectivity index (χ3v) is 4.42. The lowest BCUT2D eigenvalue weighted by Crippen LogP contribution is -2.42. The van der Waals surface area contributed by atoms with Crippen molar-refractivity contribution in [2.24, 2.45) is 5.92 Å². The minimum absolute atomic E-state index is 0.0332. The molecule has 7 heteroatoms. The fourth-order valence-corrected chi connectivity index (χ4v) is 3.10. The number of carbonyl (C=O) groups excluding carboxylic acids is 2. The summed E-state index contributed by atoms with van der Waals surface area (Å²) in [4.78, 5) is 26.2. The first-order valence-corrected chi connectivity index (χ1v) is 7.94. The molecule has 2 unspecified atom stereocenters. The van der Waals surface area contributed by atoms with Gasteiger partial charge in [0.15, 0.2) is 0 Å². The lowest BCUT2D eigenvalue weighted by atomic mass is 9.94. The molecule has 0 bridgehead atoms. The highest BCUT2D eigenvalue weighted by Gasteiger charge is 2.34. The number of hydrogen-bond donors (Lipinski definition) is 3. The lowest BCUT2D eigenvalue weighted by molar-refractivity contribution is -0.133. The Labute approximate surface area is 134 Å². The van der Waals surface area contributed by atoms with Crippen LogP contribution in [0, 0.1) is 11.7 Å². The number of nitrogens with one attached hydrogen (secondary N) is 3. The number of benzene rings is 1. The molecule has 23 heavy (non-hydrogen) atoms. The number of rotatable bonds is 4. The number of amides is 2. The van der Waals surface area contributed by atoms with Crippen molar-refractivity contribution in [2.45, 2.75) is 18.9 Å². The first kappa shape index (κ1) is 15.9. The molecule has 0 aliphatic carbocycles. The minimum Gasteiger partial charge on any atom is -0.347 e. The highest BCUT2D eigenvalue weighted by molar-refractivity contribution is 5.86. The van der Waals surface area contributed by atoms with E-state index in [1.54, 1.807) is 17.0 Å². The van der Waals surface area contributed by atoms with Gasteiger partial charge in [0.25, 0.3) is 0 Å². The molecule has 6 nitrogen and oxygen atoms in total. The molecule has 1 aromatic carbocycles. The average molecular weight is 320 g/mol. The van der Waals surface area contributed by atoms with Crippen molar-refractivity contribution in [1.29, 1.82) is 0 Å². The van der Waals surface area contributed by atoms with Crippen LogP contribution in [0.5, 0.6) is 0 Å². The van der Waals surface area contributed by atoms with Crippen LogP contribution in [0.2, 0.25) is 0 Å². The second-order valence-electron chi connectivity index (χ2n) is 5.97. The Morgan fingerprint density at radius 2 is 1.91 bits per heavy atom. The van der Waals surface area contributed by atoms with Crippen LogP contribution in [-0.2, 0) is 9.59 Å². The Morgan fingerprint density at radius 1 is 1.22 bits per heavy atom. The summed E-state index contributed by atoms with van der Waals surface area (Å²) in [6.07, 6.45) is 2.06. The zero-order chi connectivity index (χ0) is 16.2. The summed E-state index contributed by atoms with van der Waals surface area (Å²) in [6.45, 7) is 2.05. The molecule has 2 saturated heterocycles. The molecule has 2 aliphatic heterocycles. The largest absolute Gasteiger partial charge is 0.347 e. The summed E-state index contributed by atoms with van der Waals surface area (Å²) in [6, 6.07) is 5.84. The van der Waals surface area contributed by atoms with Gasteiger partial charge in [0.2, 0.25) is 11.8 Å². The Hall–Kier alpha value is -1.99. The molecule has 0 spiro atoms. The van der Waals surface area contributed by atoms with Crippen molar-refractivity contribution in [3.05, 3.63) is 35.6 Å². The lowest BCUT2D eigenvalue weighted by Gasteiger charge is -2.20. The van der Waals surface area contributed by atoms with Crippen LogP contribution in [0.15, 0.2) is 24.3 Å². The second-order valence-corrected chi connectivity index (χ2v) is 5.97. The molecule has 0 saturated carbocycles. The Morgan fingerprint density at radius 3 is 2.61 bits per heavy atom. The first-order valence-electron chi connectivity index (χ1n) is 7.94. The van der Waals surface area contributed by atoms with E-state index < -0.39 is 0 Å². The molecule has 124 valence electrons. The van der Waals surface area contributed by atoms with Gasteiger partial charge < -0.3 is 10.2 Å².